The number of hydrogen-bond acceptors (Lipinski definition) is 3. The molecule has 7 heteroatoms. The van der Waals surface area contributed by atoms with Gasteiger partial charge in [0.1, 0.15) is 0 Å². The Morgan fingerprint density at radius 2 is 1.79 bits per heavy atom. The molecule has 4 rings (SSSR count). The van der Waals surface area contributed by atoms with Gasteiger partial charge in [0, 0.05) is 18.2 Å². The second-order valence-corrected chi connectivity index (χ2v) is 6.80. The van der Waals surface area contributed by atoms with E-state index in [2.05, 4.69) is 15.5 Å². The van der Waals surface area contributed by atoms with Crippen LogP contribution in [0.15, 0.2) is 54.6 Å². The Hall–Kier alpha value is -3.61. The SMILES string of the molecule is CC(=O)N(c1ccccc1C)c1n[nH]c2c1CN(C(=O)Nc1ccccc1)C2. The molecule has 0 saturated heterocycles. The molecule has 0 atom stereocenters. The van der Waals surface area contributed by atoms with Crippen molar-refractivity contribution in [2.75, 3.05) is 10.2 Å². The van der Waals surface area contributed by atoms with Crippen LogP contribution in [-0.2, 0) is 17.9 Å². The number of amides is 3. The second kappa shape index (κ2) is 7.19. The number of nitrogens with zero attached hydrogens (tertiary/aromatic N) is 3. The molecule has 0 aliphatic carbocycles. The van der Waals surface area contributed by atoms with E-state index in [4.69, 9.17) is 0 Å². The van der Waals surface area contributed by atoms with E-state index in [0.717, 1.165) is 28.2 Å². The Bertz CT molecular complexity index is 1030. The van der Waals surface area contributed by atoms with Crippen molar-refractivity contribution in [2.45, 2.75) is 26.9 Å². The Balaban J connectivity index is 1.59. The van der Waals surface area contributed by atoms with E-state index in [1.165, 1.54) is 6.92 Å². The summed E-state index contributed by atoms with van der Waals surface area (Å²) in [6, 6.07) is 16.8. The molecule has 2 heterocycles. The van der Waals surface area contributed by atoms with Crippen LogP contribution in [0.3, 0.4) is 0 Å². The Labute approximate surface area is 163 Å². The van der Waals surface area contributed by atoms with E-state index in [9.17, 15) is 9.59 Å². The second-order valence-electron chi connectivity index (χ2n) is 6.80. The van der Waals surface area contributed by atoms with Gasteiger partial charge in [0.15, 0.2) is 5.82 Å². The van der Waals surface area contributed by atoms with E-state index < -0.39 is 0 Å². The van der Waals surface area contributed by atoms with Crippen LogP contribution in [0.4, 0.5) is 22.0 Å². The number of urea groups is 1. The van der Waals surface area contributed by atoms with Gasteiger partial charge in [-0.2, -0.15) is 5.10 Å². The molecule has 0 unspecified atom stereocenters. The summed E-state index contributed by atoms with van der Waals surface area (Å²) >= 11 is 0. The highest BCUT2D eigenvalue weighted by Crippen LogP contribution is 2.35. The lowest BCUT2D eigenvalue weighted by Gasteiger charge is -2.22. The molecule has 2 aromatic carbocycles. The predicted octanol–water partition coefficient (Wildman–Crippen LogP) is 3.95. The first kappa shape index (κ1) is 17.8. The maximum absolute atomic E-state index is 12.6. The minimum absolute atomic E-state index is 0.129. The first-order chi connectivity index (χ1) is 13.5. The van der Waals surface area contributed by atoms with Crippen molar-refractivity contribution in [1.29, 1.82) is 0 Å². The molecule has 7 nitrogen and oxygen atoms in total. The number of anilines is 3. The number of nitrogens with one attached hydrogen (secondary N) is 2. The third-order valence-corrected chi connectivity index (χ3v) is 4.82. The van der Waals surface area contributed by atoms with Gasteiger partial charge in [0.2, 0.25) is 5.91 Å². The van der Waals surface area contributed by atoms with Gasteiger partial charge in [0.25, 0.3) is 0 Å². The predicted molar refractivity (Wildman–Crippen MR) is 107 cm³/mol. The van der Waals surface area contributed by atoms with Gasteiger partial charge in [-0.3, -0.25) is 14.8 Å². The number of carbonyl (C=O) groups is 2. The highest BCUT2D eigenvalue weighted by molar-refractivity contribution is 6.00. The molecule has 28 heavy (non-hydrogen) atoms. The lowest BCUT2D eigenvalue weighted by atomic mass is 10.1. The molecule has 1 aliphatic rings. The lowest BCUT2D eigenvalue weighted by molar-refractivity contribution is -0.115. The molecule has 0 fully saturated rings. The summed E-state index contributed by atoms with van der Waals surface area (Å²) < 4.78 is 0. The van der Waals surface area contributed by atoms with Crippen LogP contribution in [0.5, 0.6) is 0 Å². The first-order valence-electron chi connectivity index (χ1n) is 9.08. The molecule has 0 saturated carbocycles. The standard InChI is InChI=1S/C21H21N5O2/c1-14-8-6-7-11-19(14)26(15(2)27)20-17-12-25(13-18(17)23-24-20)21(28)22-16-9-4-3-5-10-16/h3-11H,12-13H2,1-2H3,(H,22,28)(H,23,24). The summed E-state index contributed by atoms with van der Waals surface area (Å²) in [6.07, 6.45) is 0. The zero-order valence-corrected chi connectivity index (χ0v) is 15.8. The number of benzene rings is 2. The van der Waals surface area contributed by atoms with Crippen LogP contribution in [0.25, 0.3) is 0 Å². The molecule has 0 radical (unpaired) electrons. The molecule has 1 aliphatic heterocycles. The van der Waals surface area contributed by atoms with Crippen molar-refractivity contribution >= 4 is 29.1 Å². The van der Waals surface area contributed by atoms with E-state index in [-0.39, 0.29) is 11.9 Å². The number of aromatic nitrogens is 2. The molecule has 2 N–H and O–H groups in total. The van der Waals surface area contributed by atoms with E-state index in [0.29, 0.717) is 18.9 Å². The number of H-pyrrole nitrogens is 1. The molecule has 3 aromatic rings. The number of aromatic amines is 1. The maximum atomic E-state index is 12.6. The van der Waals surface area contributed by atoms with Gasteiger partial charge >= 0.3 is 6.03 Å². The molecule has 3 amide bonds. The van der Waals surface area contributed by atoms with Gasteiger partial charge in [-0.1, -0.05) is 36.4 Å². The summed E-state index contributed by atoms with van der Waals surface area (Å²) in [5.74, 6) is 0.419. The van der Waals surface area contributed by atoms with E-state index in [1.807, 2.05) is 61.5 Å². The first-order valence-corrected chi connectivity index (χ1v) is 9.08. The third kappa shape index (κ3) is 3.22. The normalized spacial score (nSPS) is 12.6. The summed E-state index contributed by atoms with van der Waals surface area (Å²) in [4.78, 5) is 28.3. The average Bonchev–Trinajstić information content (AvgIpc) is 3.26. The third-order valence-electron chi connectivity index (χ3n) is 4.82. The van der Waals surface area contributed by atoms with Crippen LogP contribution >= 0.6 is 0 Å². The number of aryl methyl sites for hydroxylation is 1. The van der Waals surface area contributed by atoms with Crippen molar-refractivity contribution in [3.8, 4) is 0 Å². The van der Waals surface area contributed by atoms with Crippen molar-refractivity contribution < 1.29 is 9.59 Å². The Kier molecular flexibility index (Phi) is 4.57. The number of carbonyl (C=O) groups excluding carboxylic acids is 2. The van der Waals surface area contributed by atoms with Crippen molar-refractivity contribution in [2.24, 2.45) is 0 Å². The van der Waals surface area contributed by atoms with Crippen LogP contribution in [-0.4, -0.2) is 27.0 Å². The lowest BCUT2D eigenvalue weighted by Crippen LogP contribution is -2.31. The summed E-state index contributed by atoms with van der Waals surface area (Å²) in [6.45, 7) is 4.27. The van der Waals surface area contributed by atoms with Crippen molar-refractivity contribution in [1.82, 2.24) is 15.1 Å². The number of fused-ring (bicyclic) bond motifs is 1. The quantitative estimate of drug-likeness (QED) is 0.727. The number of rotatable bonds is 3. The molecule has 0 bridgehead atoms. The molecular weight excluding hydrogens is 354 g/mol. The summed E-state index contributed by atoms with van der Waals surface area (Å²) in [7, 11) is 0. The minimum atomic E-state index is -0.188. The van der Waals surface area contributed by atoms with E-state index >= 15 is 0 Å². The largest absolute Gasteiger partial charge is 0.322 e. The highest BCUT2D eigenvalue weighted by Gasteiger charge is 2.32. The number of para-hydroxylation sites is 2. The highest BCUT2D eigenvalue weighted by atomic mass is 16.2. The summed E-state index contributed by atoms with van der Waals surface area (Å²) in [5.41, 5.74) is 4.22. The Morgan fingerprint density at radius 1 is 1.07 bits per heavy atom. The zero-order valence-electron chi connectivity index (χ0n) is 15.8. The van der Waals surface area contributed by atoms with E-state index in [1.54, 1.807) is 9.80 Å². The topological polar surface area (TPSA) is 81.3 Å². The Morgan fingerprint density at radius 3 is 2.50 bits per heavy atom. The number of hydrogen-bond donors (Lipinski definition) is 2. The molecule has 142 valence electrons. The minimum Gasteiger partial charge on any atom is -0.314 e. The summed E-state index contributed by atoms with van der Waals surface area (Å²) in [5, 5.41) is 10.3. The monoisotopic (exact) mass is 375 g/mol. The van der Waals surface area contributed by atoms with Gasteiger partial charge in [-0.05, 0) is 30.7 Å². The molecular formula is C21H21N5O2. The molecule has 1 aromatic heterocycles. The maximum Gasteiger partial charge on any atom is 0.322 e. The smallest absolute Gasteiger partial charge is 0.314 e. The van der Waals surface area contributed by atoms with Crippen LogP contribution < -0.4 is 10.2 Å². The fourth-order valence-corrected chi connectivity index (χ4v) is 3.42. The van der Waals surface area contributed by atoms with Crippen molar-refractivity contribution in [3.63, 3.8) is 0 Å². The molecule has 0 spiro atoms. The van der Waals surface area contributed by atoms with Gasteiger partial charge in [-0.25, -0.2) is 4.79 Å². The van der Waals surface area contributed by atoms with Gasteiger partial charge in [-0.15, -0.1) is 0 Å². The van der Waals surface area contributed by atoms with Crippen LogP contribution in [0, 0.1) is 6.92 Å². The van der Waals surface area contributed by atoms with Crippen LogP contribution in [0.1, 0.15) is 23.7 Å². The van der Waals surface area contributed by atoms with Gasteiger partial charge in [0.05, 0.1) is 24.5 Å². The zero-order chi connectivity index (χ0) is 19.7. The fourth-order valence-electron chi connectivity index (χ4n) is 3.42. The van der Waals surface area contributed by atoms with Gasteiger partial charge < -0.3 is 10.2 Å². The average molecular weight is 375 g/mol. The van der Waals surface area contributed by atoms with Crippen molar-refractivity contribution in [3.05, 3.63) is 71.4 Å². The fraction of sp³-hybridized carbons (Fsp3) is 0.190. The van der Waals surface area contributed by atoms with Crippen LogP contribution in [0.2, 0.25) is 0 Å².